The van der Waals surface area contributed by atoms with Gasteiger partial charge in [-0.25, -0.2) is 4.98 Å². The maximum atomic E-state index is 12.5. The number of fused-ring (bicyclic) bond motifs is 1. The van der Waals surface area contributed by atoms with Crippen molar-refractivity contribution in [3.05, 3.63) is 52.7 Å². The zero-order valence-electron chi connectivity index (χ0n) is 15.1. The molecule has 2 heterocycles. The second kappa shape index (κ2) is 7.73. The number of carbonyl (C=O) groups excluding carboxylic acids is 1. The van der Waals surface area contributed by atoms with Crippen molar-refractivity contribution in [3.8, 4) is 0 Å². The lowest BCUT2D eigenvalue weighted by Gasteiger charge is -2.20. The molecular weight excluding hydrogens is 342 g/mol. The number of nitrogens with one attached hydrogen (secondary N) is 2. The fourth-order valence-corrected chi connectivity index (χ4v) is 3.79. The quantitative estimate of drug-likeness (QED) is 0.727. The van der Waals surface area contributed by atoms with Gasteiger partial charge in [-0.05, 0) is 24.5 Å². The van der Waals surface area contributed by atoms with E-state index < -0.39 is 0 Å². The van der Waals surface area contributed by atoms with E-state index in [1.165, 1.54) is 43.0 Å². The first-order valence-electron chi connectivity index (χ1n) is 9.47. The van der Waals surface area contributed by atoms with E-state index in [1.54, 1.807) is 18.2 Å². The van der Waals surface area contributed by atoms with Crippen molar-refractivity contribution in [1.29, 1.82) is 0 Å². The molecule has 1 aromatic carbocycles. The number of aromatic amines is 1. The van der Waals surface area contributed by atoms with Crippen LogP contribution in [0.4, 0.5) is 5.82 Å². The van der Waals surface area contributed by atoms with Crippen LogP contribution in [0.2, 0.25) is 0 Å². The number of hydrogen-bond donors (Lipinski definition) is 2. The SMILES string of the molecule is O=C(Cn1cnc2ccccc2c1=O)Nc1cc(CC2CCCCC2)[nH]n1. The zero-order chi connectivity index (χ0) is 18.6. The second-order valence-electron chi connectivity index (χ2n) is 7.23. The van der Waals surface area contributed by atoms with E-state index >= 15 is 0 Å². The van der Waals surface area contributed by atoms with Crippen LogP contribution >= 0.6 is 0 Å². The Kier molecular flexibility index (Phi) is 5.00. The monoisotopic (exact) mass is 365 g/mol. The molecular formula is C20H23N5O2. The van der Waals surface area contributed by atoms with E-state index in [1.807, 2.05) is 12.1 Å². The highest BCUT2D eigenvalue weighted by molar-refractivity contribution is 5.89. The van der Waals surface area contributed by atoms with E-state index in [-0.39, 0.29) is 18.0 Å². The Hall–Kier alpha value is -2.96. The van der Waals surface area contributed by atoms with Gasteiger partial charge in [0.05, 0.1) is 17.2 Å². The number of rotatable bonds is 5. The third kappa shape index (κ3) is 4.07. The predicted octanol–water partition coefficient (Wildman–Crippen LogP) is 2.88. The Morgan fingerprint density at radius 3 is 2.89 bits per heavy atom. The van der Waals surface area contributed by atoms with Crippen LogP contribution in [0, 0.1) is 5.92 Å². The molecule has 2 N–H and O–H groups in total. The van der Waals surface area contributed by atoms with Crippen LogP contribution in [0.5, 0.6) is 0 Å². The van der Waals surface area contributed by atoms with Crippen LogP contribution < -0.4 is 10.9 Å². The molecule has 1 amide bonds. The van der Waals surface area contributed by atoms with Crippen LogP contribution in [0.15, 0.2) is 41.5 Å². The number of carbonyl (C=O) groups is 1. The Labute approximate surface area is 156 Å². The summed E-state index contributed by atoms with van der Waals surface area (Å²) < 4.78 is 1.31. The van der Waals surface area contributed by atoms with Crippen molar-refractivity contribution in [1.82, 2.24) is 19.7 Å². The molecule has 3 aromatic rings. The Morgan fingerprint density at radius 2 is 2.04 bits per heavy atom. The van der Waals surface area contributed by atoms with Crippen LogP contribution in [0.1, 0.15) is 37.8 Å². The van der Waals surface area contributed by atoms with Crippen molar-refractivity contribution in [3.63, 3.8) is 0 Å². The Bertz CT molecular complexity index is 1000. The topological polar surface area (TPSA) is 92.7 Å². The van der Waals surface area contributed by atoms with Gasteiger partial charge in [0.1, 0.15) is 6.54 Å². The molecule has 4 rings (SSSR count). The molecule has 1 fully saturated rings. The van der Waals surface area contributed by atoms with Gasteiger partial charge in [-0.2, -0.15) is 5.10 Å². The number of H-pyrrole nitrogens is 1. The minimum atomic E-state index is -0.301. The van der Waals surface area contributed by atoms with Crippen LogP contribution in [0.3, 0.4) is 0 Å². The first kappa shape index (κ1) is 17.5. The van der Waals surface area contributed by atoms with E-state index in [9.17, 15) is 9.59 Å². The standard InChI is InChI=1S/C20H23N5O2/c26-19(12-25-13-21-17-9-5-4-8-16(17)20(25)27)22-18-11-15(23-24-18)10-14-6-2-1-3-7-14/h4-5,8-9,11,13-14H,1-3,6-7,10,12H2,(H2,22,23,24,26). The van der Waals surface area contributed by atoms with Crippen molar-refractivity contribution < 1.29 is 4.79 Å². The molecule has 2 aromatic heterocycles. The number of hydrogen-bond acceptors (Lipinski definition) is 4. The number of benzene rings is 1. The molecule has 1 aliphatic rings. The number of nitrogens with zero attached hydrogens (tertiary/aromatic N) is 3. The van der Waals surface area contributed by atoms with E-state index in [2.05, 4.69) is 20.5 Å². The molecule has 7 nitrogen and oxygen atoms in total. The van der Waals surface area contributed by atoms with E-state index in [4.69, 9.17) is 0 Å². The minimum Gasteiger partial charge on any atom is -0.308 e. The van der Waals surface area contributed by atoms with Crippen molar-refractivity contribution in [2.75, 3.05) is 5.32 Å². The maximum absolute atomic E-state index is 12.5. The average Bonchev–Trinajstić information content (AvgIpc) is 3.11. The van der Waals surface area contributed by atoms with Crippen molar-refractivity contribution >= 4 is 22.6 Å². The molecule has 7 heteroatoms. The first-order valence-corrected chi connectivity index (χ1v) is 9.47. The highest BCUT2D eigenvalue weighted by Gasteiger charge is 2.16. The lowest BCUT2D eigenvalue weighted by molar-refractivity contribution is -0.116. The fraction of sp³-hybridized carbons (Fsp3) is 0.400. The molecule has 0 spiro atoms. The average molecular weight is 365 g/mol. The highest BCUT2D eigenvalue weighted by atomic mass is 16.2. The van der Waals surface area contributed by atoms with Gasteiger partial charge in [-0.3, -0.25) is 19.3 Å². The lowest BCUT2D eigenvalue weighted by atomic mass is 9.86. The number of para-hydroxylation sites is 1. The van der Waals surface area contributed by atoms with E-state index in [0.29, 0.717) is 22.6 Å². The van der Waals surface area contributed by atoms with Gasteiger partial charge in [0, 0.05) is 11.8 Å². The zero-order valence-corrected chi connectivity index (χ0v) is 15.1. The summed E-state index contributed by atoms with van der Waals surface area (Å²) in [6.45, 7) is -0.0957. The van der Waals surface area contributed by atoms with Crippen LogP contribution in [-0.4, -0.2) is 25.7 Å². The summed E-state index contributed by atoms with van der Waals surface area (Å²) >= 11 is 0. The van der Waals surface area contributed by atoms with Gasteiger partial charge < -0.3 is 5.32 Å². The normalized spacial score (nSPS) is 15.1. The van der Waals surface area contributed by atoms with Gasteiger partial charge in [0.2, 0.25) is 5.91 Å². The third-order valence-electron chi connectivity index (χ3n) is 5.18. The summed E-state index contributed by atoms with van der Waals surface area (Å²) in [6, 6.07) is 8.98. The van der Waals surface area contributed by atoms with Crippen LogP contribution in [-0.2, 0) is 17.8 Å². The molecule has 0 unspecified atom stereocenters. The van der Waals surface area contributed by atoms with Gasteiger partial charge in [-0.1, -0.05) is 44.2 Å². The van der Waals surface area contributed by atoms with Gasteiger partial charge >= 0.3 is 0 Å². The largest absolute Gasteiger partial charge is 0.308 e. The van der Waals surface area contributed by atoms with Crippen LogP contribution in [0.25, 0.3) is 10.9 Å². The molecule has 27 heavy (non-hydrogen) atoms. The molecule has 140 valence electrons. The maximum Gasteiger partial charge on any atom is 0.261 e. The number of amides is 1. The highest BCUT2D eigenvalue weighted by Crippen LogP contribution is 2.26. The summed E-state index contributed by atoms with van der Waals surface area (Å²) in [4.78, 5) is 29.0. The molecule has 0 bridgehead atoms. The molecule has 1 aliphatic carbocycles. The lowest BCUT2D eigenvalue weighted by Crippen LogP contribution is -2.28. The summed E-state index contributed by atoms with van der Waals surface area (Å²) in [5, 5.41) is 10.4. The van der Waals surface area contributed by atoms with Gasteiger partial charge in [0.15, 0.2) is 5.82 Å². The second-order valence-corrected chi connectivity index (χ2v) is 7.23. The number of anilines is 1. The first-order chi connectivity index (χ1) is 13.2. The molecule has 0 saturated heterocycles. The summed E-state index contributed by atoms with van der Waals surface area (Å²) in [6.07, 6.45) is 8.84. The fourth-order valence-electron chi connectivity index (χ4n) is 3.79. The summed E-state index contributed by atoms with van der Waals surface area (Å²) in [5.41, 5.74) is 1.44. The van der Waals surface area contributed by atoms with Crippen molar-refractivity contribution in [2.45, 2.75) is 45.1 Å². The third-order valence-corrected chi connectivity index (χ3v) is 5.18. The molecule has 0 aliphatic heterocycles. The Morgan fingerprint density at radius 1 is 1.22 bits per heavy atom. The van der Waals surface area contributed by atoms with Gasteiger partial charge in [-0.15, -0.1) is 0 Å². The van der Waals surface area contributed by atoms with Gasteiger partial charge in [0.25, 0.3) is 5.56 Å². The van der Waals surface area contributed by atoms with Crippen molar-refractivity contribution in [2.24, 2.45) is 5.92 Å². The van der Waals surface area contributed by atoms with E-state index in [0.717, 1.165) is 12.1 Å². The molecule has 0 atom stereocenters. The minimum absolute atomic E-state index is 0.0957. The predicted molar refractivity (Wildman–Crippen MR) is 103 cm³/mol. The molecule has 0 radical (unpaired) electrons. The smallest absolute Gasteiger partial charge is 0.261 e. The number of aromatic nitrogens is 4. The summed E-state index contributed by atoms with van der Waals surface area (Å²) in [5.74, 6) is 0.891. The Balaban J connectivity index is 1.40. The summed E-state index contributed by atoms with van der Waals surface area (Å²) in [7, 11) is 0. The molecule has 1 saturated carbocycles.